The van der Waals surface area contributed by atoms with Gasteiger partial charge < -0.3 is 15.4 Å². The van der Waals surface area contributed by atoms with Crippen LogP contribution in [0.1, 0.15) is 39.0 Å². The van der Waals surface area contributed by atoms with Gasteiger partial charge in [0.05, 0.1) is 6.61 Å². The minimum Gasteiger partial charge on any atom is -0.464 e. The topological polar surface area (TPSA) is 72.0 Å². The second-order valence-corrected chi connectivity index (χ2v) is 4.43. The lowest BCUT2D eigenvalue weighted by atomic mass is 9.96. The standard InChI is InChI=1S/C12H21N5O/c1-3-18-12-16-10(13-2)15-11(17-12)14-9-7-5-4-6-8-9/h9H,3-8H2,1-2H3,(H2,13,14,15,16,17). The molecule has 1 aliphatic carbocycles. The highest BCUT2D eigenvalue weighted by Gasteiger charge is 2.15. The molecule has 0 radical (unpaired) electrons. The molecule has 6 heteroatoms. The summed E-state index contributed by atoms with van der Waals surface area (Å²) in [6.45, 7) is 2.47. The molecule has 2 rings (SSSR count). The summed E-state index contributed by atoms with van der Waals surface area (Å²) in [5.74, 6) is 1.14. The van der Waals surface area contributed by atoms with Crippen molar-refractivity contribution < 1.29 is 4.74 Å². The van der Waals surface area contributed by atoms with Gasteiger partial charge in [0.25, 0.3) is 0 Å². The Balaban J connectivity index is 2.07. The van der Waals surface area contributed by atoms with Crippen LogP contribution in [0.15, 0.2) is 0 Å². The zero-order valence-corrected chi connectivity index (χ0v) is 11.1. The Morgan fingerprint density at radius 3 is 2.50 bits per heavy atom. The van der Waals surface area contributed by atoms with Crippen LogP contribution in [0.2, 0.25) is 0 Å². The molecule has 0 aliphatic heterocycles. The van der Waals surface area contributed by atoms with Crippen LogP contribution in [0.25, 0.3) is 0 Å². The quantitative estimate of drug-likeness (QED) is 0.834. The summed E-state index contributed by atoms with van der Waals surface area (Å²) in [6.07, 6.45) is 6.26. The van der Waals surface area contributed by atoms with E-state index in [1.54, 1.807) is 7.05 Å². The van der Waals surface area contributed by atoms with Gasteiger partial charge in [-0.25, -0.2) is 0 Å². The lowest BCUT2D eigenvalue weighted by Gasteiger charge is -2.22. The maximum Gasteiger partial charge on any atom is 0.323 e. The number of ether oxygens (including phenoxy) is 1. The number of aromatic nitrogens is 3. The van der Waals surface area contributed by atoms with E-state index in [2.05, 4.69) is 25.6 Å². The van der Waals surface area contributed by atoms with E-state index in [9.17, 15) is 0 Å². The molecule has 0 amide bonds. The predicted octanol–water partition coefficient (Wildman–Crippen LogP) is 2.06. The van der Waals surface area contributed by atoms with Crippen molar-refractivity contribution in [2.24, 2.45) is 0 Å². The van der Waals surface area contributed by atoms with Crippen molar-refractivity contribution in [3.8, 4) is 6.01 Å². The van der Waals surface area contributed by atoms with Crippen molar-refractivity contribution in [1.29, 1.82) is 0 Å². The van der Waals surface area contributed by atoms with Crippen molar-refractivity contribution in [3.63, 3.8) is 0 Å². The summed E-state index contributed by atoms with van der Waals surface area (Å²) in [4.78, 5) is 12.7. The third-order valence-corrected chi connectivity index (χ3v) is 3.05. The molecule has 1 aliphatic rings. The molecule has 0 atom stereocenters. The van der Waals surface area contributed by atoms with E-state index >= 15 is 0 Å². The Morgan fingerprint density at radius 1 is 1.11 bits per heavy atom. The Bertz CT molecular complexity index is 379. The Morgan fingerprint density at radius 2 is 1.83 bits per heavy atom. The monoisotopic (exact) mass is 251 g/mol. The minimum absolute atomic E-state index is 0.371. The largest absolute Gasteiger partial charge is 0.464 e. The zero-order valence-electron chi connectivity index (χ0n) is 11.1. The fraction of sp³-hybridized carbons (Fsp3) is 0.750. The summed E-state index contributed by atoms with van der Waals surface area (Å²) in [7, 11) is 1.79. The van der Waals surface area contributed by atoms with Gasteiger partial charge in [-0.05, 0) is 19.8 Å². The summed E-state index contributed by atoms with van der Waals surface area (Å²) in [5.41, 5.74) is 0. The lowest BCUT2D eigenvalue weighted by Crippen LogP contribution is -2.24. The van der Waals surface area contributed by atoms with Gasteiger partial charge in [0, 0.05) is 13.1 Å². The molecule has 1 saturated carbocycles. The Hall–Kier alpha value is -1.59. The van der Waals surface area contributed by atoms with Crippen LogP contribution < -0.4 is 15.4 Å². The van der Waals surface area contributed by atoms with Gasteiger partial charge in [-0.2, -0.15) is 15.0 Å². The minimum atomic E-state index is 0.371. The fourth-order valence-corrected chi connectivity index (χ4v) is 2.16. The number of nitrogens with zero attached hydrogens (tertiary/aromatic N) is 3. The highest BCUT2D eigenvalue weighted by atomic mass is 16.5. The molecule has 0 spiro atoms. The van der Waals surface area contributed by atoms with Crippen LogP contribution in [-0.4, -0.2) is 34.6 Å². The molecule has 0 saturated heterocycles. The third-order valence-electron chi connectivity index (χ3n) is 3.05. The van der Waals surface area contributed by atoms with Gasteiger partial charge in [0.2, 0.25) is 11.9 Å². The average Bonchev–Trinajstić information content (AvgIpc) is 2.40. The van der Waals surface area contributed by atoms with Crippen LogP contribution in [0.4, 0.5) is 11.9 Å². The van der Waals surface area contributed by atoms with E-state index in [0.29, 0.717) is 30.6 Å². The van der Waals surface area contributed by atoms with Crippen molar-refractivity contribution in [3.05, 3.63) is 0 Å². The fourth-order valence-electron chi connectivity index (χ4n) is 2.16. The van der Waals surface area contributed by atoms with E-state index in [1.807, 2.05) is 6.92 Å². The highest BCUT2D eigenvalue weighted by Crippen LogP contribution is 2.21. The summed E-state index contributed by atoms with van der Waals surface area (Å²) >= 11 is 0. The van der Waals surface area contributed by atoms with Gasteiger partial charge >= 0.3 is 6.01 Å². The molecular weight excluding hydrogens is 230 g/mol. The van der Waals surface area contributed by atoms with Crippen molar-refractivity contribution in [2.75, 3.05) is 24.3 Å². The number of nitrogens with one attached hydrogen (secondary N) is 2. The van der Waals surface area contributed by atoms with Crippen molar-refractivity contribution in [1.82, 2.24) is 15.0 Å². The summed E-state index contributed by atoms with van der Waals surface area (Å²) in [5, 5.41) is 6.29. The van der Waals surface area contributed by atoms with E-state index in [1.165, 1.54) is 32.1 Å². The van der Waals surface area contributed by atoms with Gasteiger partial charge in [-0.3, -0.25) is 0 Å². The summed E-state index contributed by atoms with van der Waals surface area (Å²) in [6, 6.07) is 0.843. The Kier molecular flexibility index (Phi) is 4.55. The molecular formula is C12H21N5O. The molecule has 6 nitrogen and oxygen atoms in total. The number of rotatable bonds is 5. The average molecular weight is 251 g/mol. The maximum absolute atomic E-state index is 5.34. The second-order valence-electron chi connectivity index (χ2n) is 4.43. The lowest BCUT2D eigenvalue weighted by molar-refractivity contribution is 0.312. The smallest absolute Gasteiger partial charge is 0.323 e. The van der Waals surface area contributed by atoms with Crippen LogP contribution in [-0.2, 0) is 0 Å². The molecule has 100 valence electrons. The van der Waals surface area contributed by atoms with E-state index in [-0.39, 0.29) is 0 Å². The number of anilines is 2. The molecule has 1 aromatic heterocycles. The molecule has 0 bridgehead atoms. The SMILES string of the molecule is CCOc1nc(NC)nc(NC2CCCCC2)n1. The molecule has 1 aromatic rings. The second kappa shape index (κ2) is 6.37. The first-order valence-electron chi connectivity index (χ1n) is 6.65. The first-order chi connectivity index (χ1) is 8.81. The first kappa shape index (κ1) is 12.9. The predicted molar refractivity (Wildman–Crippen MR) is 71.0 cm³/mol. The van der Waals surface area contributed by atoms with Crippen LogP contribution in [0, 0.1) is 0 Å². The third kappa shape index (κ3) is 3.45. The summed E-state index contributed by atoms with van der Waals surface area (Å²) < 4.78 is 5.34. The molecule has 0 aromatic carbocycles. The van der Waals surface area contributed by atoms with Crippen molar-refractivity contribution >= 4 is 11.9 Å². The number of hydrogen-bond donors (Lipinski definition) is 2. The molecule has 0 unspecified atom stereocenters. The molecule has 1 heterocycles. The number of hydrogen-bond acceptors (Lipinski definition) is 6. The maximum atomic E-state index is 5.34. The van der Waals surface area contributed by atoms with Crippen LogP contribution in [0.3, 0.4) is 0 Å². The van der Waals surface area contributed by atoms with Crippen LogP contribution >= 0.6 is 0 Å². The van der Waals surface area contributed by atoms with Gasteiger partial charge in [-0.1, -0.05) is 19.3 Å². The van der Waals surface area contributed by atoms with E-state index in [0.717, 1.165) is 0 Å². The molecule has 2 N–H and O–H groups in total. The van der Waals surface area contributed by atoms with Gasteiger partial charge in [0.1, 0.15) is 0 Å². The van der Waals surface area contributed by atoms with Crippen LogP contribution in [0.5, 0.6) is 6.01 Å². The van der Waals surface area contributed by atoms with Gasteiger partial charge in [-0.15, -0.1) is 0 Å². The van der Waals surface area contributed by atoms with Crippen molar-refractivity contribution in [2.45, 2.75) is 45.1 Å². The zero-order chi connectivity index (χ0) is 12.8. The molecule has 18 heavy (non-hydrogen) atoms. The highest BCUT2D eigenvalue weighted by molar-refractivity contribution is 5.36. The Labute approximate surface area is 108 Å². The molecule has 1 fully saturated rings. The van der Waals surface area contributed by atoms with E-state index in [4.69, 9.17) is 4.74 Å². The van der Waals surface area contributed by atoms with E-state index < -0.39 is 0 Å². The van der Waals surface area contributed by atoms with Gasteiger partial charge in [0.15, 0.2) is 0 Å². The first-order valence-corrected chi connectivity index (χ1v) is 6.65. The normalized spacial score (nSPS) is 16.3.